The Kier molecular flexibility index (Phi) is 4.06. The molecule has 0 aliphatic carbocycles. The lowest BCUT2D eigenvalue weighted by Gasteiger charge is -2.13. The molecule has 0 spiro atoms. The molecule has 0 aliphatic rings. The van der Waals surface area contributed by atoms with Crippen molar-refractivity contribution < 1.29 is 0 Å². The van der Waals surface area contributed by atoms with Gasteiger partial charge in [-0.05, 0) is 6.92 Å². The third-order valence-electron chi connectivity index (χ3n) is 2.92. The lowest BCUT2D eigenvalue weighted by molar-refractivity contribution is 0.585. The maximum Gasteiger partial charge on any atom is 0.0981 e. The fourth-order valence-corrected chi connectivity index (χ4v) is 2.82. The Bertz CT molecular complexity index is 548. The molecular weight excluding hydrogens is 256 g/mol. The van der Waals surface area contributed by atoms with Gasteiger partial charge in [-0.2, -0.15) is 5.10 Å². The van der Waals surface area contributed by atoms with E-state index in [4.69, 9.17) is 0 Å². The van der Waals surface area contributed by atoms with Gasteiger partial charge in [-0.3, -0.25) is 4.68 Å². The average Bonchev–Trinajstić information content (AvgIpc) is 2.86. The van der Waals surface area contributed by atoms with Crippen LogP contribution >= 0.6 is 11.3 Å². The summed E-state index contributed by atoms with van der Waals surface area (Å²) in [5, 5.41) is 8.99. The van der Waals surface area contributed by atoms with Crippen molar-refractivity contribution in [2.24, 2.45) is 7.05 Å². The third-order valence-corrected chi connectivity index (χ3v) is 4.35. The molecule has 0 amide bonds. The van der Waals surface area contributed by atoms with Crippen molar-refractivity contribution >= 4 is 11.3 Å². The predicted octanol–water partition coefficient (Wildman–Crippen LogP) is 2.77. The number of thiazole rings is 1. The summed E-state index contributed by atoms with van der Waals surface area (Å²) in [4.78, 5) is 5.78. The molecule has 0 aliphatic heterocycles. The van der Waals surface area contributed by atoms with E-state index in [1.54, 1.807) is 11.3 Å². The van der Waals surface area contributed by atoms with Crippen molar-refractivity contribution in [1.29, 1.82) is 0 Å². The van der Waals surface area contributed by atoms with E-state index >= 15 is 0 Å². The topological polar surface area (TPSA) is 42.7 Å². The number of hydrogen-bond donors (Lipinski definition) is 1. The molecule has 0 saturated heterocycles. The molecule has 1 N–H and O–H groups in total. The molecule has 2 aromatic rings. The van der Waals surface area contributed by atoms with Gasteiger partial charge in [-0.1, -0.05) is 20.8 Å². The van der Waals surface area contributed by atoms with Gasteiger partial charge >= 0.3 is 0 Å². The van der Waals surface area contributed by atoms with Crippen LogP contribution in [0.5, 0.6) is 0 Å². The molecule has 5 heteroatoms. The highest BCUT2D eigenvalue weighted by molar-refractivity contribution is 7.11. The summed E-state index contributed by atoms with van der Waals surface area (Å²) in [6.45, 7) is 10.3. The van der Waals surface area contributed by atoms with Crippen molar-refractivity contribution in [1.82, 2.24) is 20.1 Å². The first kappa shape index (κ1) is 14.2. The van der Waals surface area contributed by atoms with Crippen LogP contribution in [0.1, 0.15) is 41.9 Å². The normalized spacial score (nSPS) is 12.1. The second-order valence-electron chi connectivity index (χ2n) is 5.90. The van der Waals surface area contributed by atoms with Crippen molar-refractivity contribution in [2.75, 3.05) is 0 Å². The Balaban J connectivity index is 1.89. The van der Waals surface area contributed by atoms with Crippen LogP contribution in [-0.2, 0) is 25.6 Å². The summed E-state index contributed by atoms with van der Waals surface area (Å²) in [6.07, 6.45) is 4.05. The highest BCUT2D eigenvalue weighted by atomic mass is 32.1. The van der Waals surface area contributed by atoms with E-state index in [0.717, 1.165) is 18.8 Å². The summed E-state index contributed by atoms with van der Waals surface area (Å²) in [7, 11) is 1.95. The maximum absolute atomic E-state index is 4.50. The van der Waals surface area contributed by atoms with Gasteiger partial charge < -0.3 is 5.32 Å². The fraction of sp³-hybridized carbons (Fsp3) is 0.571. The largest absolute Gasteiger partial charge is 0.308 e. The zero-order valence-electron chi connectivity index (χ0n) is 12.3. The van der Waals surface area contributed by atoms with E-state index in [9.17, 15) is 0 Å². The first-order valence-corrected chi connectivity index (χ1v) is 7.33. The molecule has 4 nitrogen and oxygen atoms in total. The Hall–Kier alpha value is -1.20. The number of rotatable bonds is 4. The maximum atomic E-state index is 4.50. The van der Waals surface area contributed by atoms with Gasteiger partial charge in [0.05, 0.1) is 10.7 Å². The second-order valence-corrected chi connectivity index (χ2v) is 7.01. The Morgan fingerprint density at radius 3 is 2.58 bits per heavy atom. The number of nitrogens with zero attached hydrogens (tertiary/aromatic N) is 3. The number of aryl methyl sites for hydroxylation is 2. The molecule has 0 aromatic carbocycles. The predicted molar refractivity (Wildman–Crippen MR) is 79.3 cm³/mol. The standard InChI is InChI=1S/C14H22N4S/c1-10-11(9-18(5)17-10)6-15-7-12-8-16-13(19-12)14(2,3)4/h8-9,15H,6-7H2,1-5H3. The quantitative estimate of drug-likeness (QED) is 0.935. The minimum Gasteiger partial charge on any atom is -0.308 e. The smallest absolute Gasteiger partial charge is 0.0981 e. The Labute approximate surface area is 118 Å². The van der Waals surface area contributed by atoms with Gasteiger partial charge in [-0.15, -0.1) is 11.3 Å². The van der Waals surface area contributed by atoms with Crippen LogP contribution in [0.15, 0.2) is 12.4 Å². The van der Waals surface area contributed by atoms with Crippen LogP contribution in [-0.4, -0.2) is 14.8 Å². The molecule has 0 unspecified atom stereocenters. The van der Waals surface area contributed by atoms with Crippen molar-refractivity contribution in [3.63, 3.8) is 0 Å². The van der Waals surface area contributed by atoms with Crippen LogP contribution in [0.4, 0.5) is 0 Å². The molecule has 0 radical (unpaired) electrons. The zero-order chi connectivity index (χ0) is 14.0. The van der Waals surface area contributed by atoms with E-state index in [-0.39, 0.29) is 5.41 Å². The number of hydrogen-bond acceptors (Lipinski definition) is 4. The molecule has 0 fully saturated rings. The minimum atomic E-state index is 0.142. The summed E-state index contributed by atoms with van der Waals surface area (Å²) < 4.78 is 1.86. The molecule has 0 bridgehead atoms. The monoisotopic (exact) mass is 278 g/mol. The first-order chi connectivity index (χ1) is 8.86. The summed E-state index contributed by atoms with van der Waals surface area (Å²) in [5.74, 6) is 0. The van der Waals surface area contributed by atoms with Gasteiger partial charge in [0.25, 0.3) is 0 Å². The lowest BCUT2D eigenvalue weighted by Crippen LogP contribution is -2.12. The van der Waals surface area contributed by atoms with Gasteiger partial charge in [-0.25, -0.2) is 4.98 Å². The van der Waals surface area contributed by atoms with Crippen molar-refractivity contribution in [3.8, 4) is 0 Å². The molecular formula is C14H22N4S. The van der Waals surface area contributed by atoms with E-state index < -0.39 is 0 Å². The first-order valence-electron chi connectivity index (χ1n) is 6.51. The highest BCUT2D eigenvalue weighted by Crippen LogP contribution is 2.26. The van der Waals surface area contributed by atoms with Crippen molar-refractivity contribution in [2.45, 2.75) is 46.2 Å². The van der Waals surface area contributed by atoms with E-state index in [0.29, 0.717) is 0 Å². The van der Waals surface area contributed by atoms with E-state index in [1.165, 1.54) is 15.4 Å². The average molecular weight is 278 g/mol. The zero-order valence-corrected chi connectivity index (χ0v) is 13.1. The van der Waals surface area contributed by atoms with Gasteiger partial charge in [0.1, 0.15) is 0 Å². The van der Waals surface area contributed by atoms with Crippen LogP contribution in [0.2, 0.25) is 0 Å². The molecule has 19 heavy (non-hydrogen) atoms. The van der Waals surface area contributed by atoms with Crippen LogP contribution in [0, 0.1) is 6.92 Å². The molecule has 2 aromatic heterocycles. The van der Waals surface area contributed by atoms with E-state index in [1.807, 2.05) is 24.9 Å². The van der Waals surface area contributed by atoms with Gasteiger partial charge in [0.2, 0.25) is 0 Å². The molecule has 2 heterocycles. The SMILES string of the molecule is Cc1nn(C)cc1CNCc1cnc(C(C)(C)C)s1. The summed E-state index contributed by atoms with van der Waals surface area (Å²) in [6, 6.07) is 0. The minimum absolute atomic E-state index is 0.142. The summed E-state index contributed by atoms with van der Waals surface area (Å²) >= 11 is 1.79. The van der Waals surface area contributed by atoms with Crippen molar-refractivity contribution in [3.05, 3.63) is 33.5 Å². The lowest BCUT2D eigenvalue weighted by atomic mass is 9.98. The van der Waals surface area contributed by atoms with Crippen LogP contribution < -0.4 is 5.32 Å². The van der Waals surface area contributed by atoms with E-state index in [2.05, 4.69) is 42.4 Å². The fourth-order valence-electron chi connectivity index (χ4n) is 1.88. The Morgan fingerprint density at radius 2 is 2.05 bits per heavy atom. The van der Waals surface area contributed by atoms with Gasteiger partial charge in [0, 0.05) is 48.4 Å². The highest BCUT2D eigenvalue weighted by Gasteiger charge is 2.17. The molecule has 0 atom stereocenters. The molecule has 0 saturated carbocycles. The van der Waals surface area contributed by atoms with Crippen LogP contribution in [0.3, 0.4) is 0 Å². The third kappa shape index (κ3) is 3.64. The van der Waals surface area contributed by atoms with Crippen LogP contribution in [0.25, 0.3) is 0 Å². The molecule has 104 valence electrons. The number of aromatic nitrogens is 3. The Morgan fingerprint density at radius 1 is 1.32 bits per heavy atom. The molecule has 2 rings (SSSR count). The van der Waals surface area contributed by atoms with Gasteiger partial charge in [0.15, 0.2) is 0 Å². The second kappa shape index (κ2) is 5.43. The number of nitrogens with one attached hydrogen (secondary N) is 1. The summed E-state index contributed by atoms with van der Waals surface area (Å²) in [5.41, 5.74) is 2.49.